The van der Waals surface area contributed by atoms with Gasteiger partial charge in [0, 0.05) is 60.7 Å². The number of aromatic nitrogens is 2. The second kappa shape index (κ2) is 22.8. The molecule has 18 nitrogen and oxygen atoms in total. The number of anilines is 2. The molecule has 20 heteroatoms. The lowest BCUT2D eigenvalue weighted by molar-refractivity contribution is -0.242. The summed E-state index contributed by atoms with van der Waals surface area (Å²) in [5.41, 5.74) is -0.775. The zero-order chi connectivity index (χ0) is 50.1. The number of ether oxygens (including phenoxy) is 4. The summed E-state index contributed by atoms with van der Waals surface area (Å²) in [5.74, 6) is -1.87. The third kappa shape index (κ3) is 13.8. The number of fused-ring (bicyclic) bond motifs is 1. The summed E-state index contributed by atoms with van der Waals surface area (Å²) in [6, 6.07) is 12.0. The van der Waals surface area contributed by atoms with Gasteiger partial charge in [0.05, 0.1) is 42.8 Å². The molecule has 0 radical (unpaired) electrons. The van der Waals surface area contributed by atoms with E-state index in [4.69, 9.17) is 24.2 Å². The lowest BCUT2D eigenvalue weighted by atomic mass is 10.1. The van der Waals surface area contributed by atoms with E-state index in [9.17, 15) is 32.7 Å². The number of nitrogens with zero attached hydrogens (tertiary/aromatic N) is 3. The number of methoxy groups -OCH3 is 2. The van der Waals surface area contributed by atoms with E-state index in [0.717, 1.165) is 37.2 Å². The van der Waals surface area contributed by atoms with Crippen LogP contribution in [0.5, 0.6) is 11.5 Å². The number of hydrogen-bond acceptors (Lipinski definition) is 16. The first-order valence-corrected chi connectivity index (χ1v) is 25.6. The Morgan fingerprint density at radius 1 is 0.986 bits per heavy atom. The number of amides is 3. The molecule has 1 saturated carbocycles. The summed E-state index contributed by atoms with van der Waals surface area (Å²) >= 11 is 1.45. The molecule has 3 amide bonds. The van der Waals surface area contributed by atoms with E-state index in [-0.39, 0.29) is 54.3 Å². The van der Waals surface area contributed by atoms with Gasteiger partial charge in [-0.1, -0.05) is 43.9 Å². The van der Waals surface area contributed by atoms with Crippen LogP contribution in [0.25, 0.3) is 22.3 Å². The Balaban J connectivity index is 1.17. The van der Waals surface area contributed by atoms with E-state index in [1.807, 2.05) is 25.3 Å². The number of thiazole rings is 1. The molecule has 5 N–H and O–H groups in total. The second-order valence-corrected chi connectivity index (χ2v) is 21.2. The van der Waals surface area contributed by atoms with Crippen molar-refractivity contribution in [3.8, 4) is 22.9 Å². The minimum Gasteiger partial charge on any atom is -0.497 e. The minimum absolute atomic E-state index is 0.00654. The number of hydrogen-bond donors (Lipinski definition) is 5. The van der Waals surface area contributed by atoms with Gasteiger partial charge in [-0.15, -0.1) is 17.9 Å². The Kier molecular flexibility index (Phi) is 17.4. The normalized spacial score (nSPS) is 19.7. The molecule has 5 atom stereocenters. The minimum atomic E-state index is -4.59. The SMILES string of the molecule is C=C[C@@H]1C[C@]1(NC(=O)[C@@H]1C[C@@H](Oc2cc(-c3csc(NC(C)C)n3)nc3cc(OC)ccc23)CN1C(O)OC(C)(C)C)C(=O)NS(=O)(=O)c1ccccc1NC(=O)CCCCCCCCC(=O)OC. The number of carbonyl (C=O) groups excluding carboxylic acids is 4. The molecule has 1 unspecified atom stereocenters. The first-order chi connectivity index (χ1) is 32.7. The van der Waals surface area contributed by atoms with Crippen LogP contribution in [0.1, 0.15) is 98.8 Å². The lowest BCUT2D eigenvalue weighted by Crippen LogP contribution is -2.57. The first-order valence-electron chi connectivity index (χ1n) is 23.2. The van der Waals surface area contributed by atoms with Crippen LogP contribution in [0.15, 0.2) is 71.5 Å². The molecule has 1 aliphatic carbocycles. The van der Waals surface area contributed by atoms with Gasteiger partial charge in [-0.3, -0.25) is 19.2 Å². The van der Waals surface area contributed by atoms with Gasteiger partial charge < -0.3 is 40.0 Å². The van der Waals surface area contributed by atoms with Gasteiger partial charge in [0.2, 0.25) is 18.2 Å². The van der Waals surface area contributed by atoms with Gasteiger partial charge in [0.15, 0.2) is 5.13 Å². The number of para-hydroxylation sites is 1. The molecule has 1 aliphatic heterocycles. The molecule has 2 fully saturated rings. The number of aliphatic hydroxyl groups excluding tert-OH is 1. The fourth-order valence-electron chi connectivity index (χ4n) is 8.19. The maximum absolute atomic E-state index is 14.5. The van der Waals surface area contributed by atoms with Crippen molar-refractivity contribution in [1.82, 2.24) is 24.9 Å². The third-order valence-electron chi connectivity index (χ3n) is 11.8. The summed E-state index contributed by atoms with van der Waals surface area (Å²) in [4.78, 5) is 63.7. The summed E-state index contributed by atoms with van der Waals surface area (Å²) in [7, 11) is -1.67. The molecule has 69 heavy (non-hydrogen) atoms. The molecule has 0 bridgehead atoms. The van der Waals surface area contributed by atoms with Crippen molar-refractivity contribution < 1.29 is 51.6 Å². The molecule has 374 valence electrons. The summed E-state index contributed by atoms with van der Waals surface area (Å²) < 4.78 is 52.8. The third-order valence-corrected chi connectivity index (χ3v) is 14.0. The average molecular weight is 992 g/mol. The standard InChI is InChI=1S/C49H65N7O11S2/c1-9-31-27-49(31,45(60)55-69(62,63)41-19-17-16-18-35(41)52-42(57)20-14-12-10-11-13-15-21-43(58)65-8)54-44(59)39-25-33(28-56(39)47(61)67-48(4,5)6)66-40-26-37(38-29-68-46(53-38)50-30(2)3)51-36-24-32(64-7)22-23-34(36)40/h9,16-19,22-24,26,29-31,33,39,47,61H,1,10-15,20-21,25,27-28H2,2-8H3,(H,50,53)(H,52,57)(H,54,59)(H,55,60)/t31-,33-,39+,47?,49-/m1/s1. The maximum Gasteiger partial charge on any atom is 0.305 e. The summed E-state index contributed by atoms with van der Waals surface area (Å²) in [6.07, 6.45) is 4.58. The number of likely N-dealkylation sites (tertiary alicyclic amines) is 1. The Labute approximate surface area is 408 Å². The largest absolute Gasteiger partial charge is 0.497 e. The van der Waals surface area contributed by atoms with Crippen LogP contribution >= 0.6 is 11.3 Å². The highest BCUT2D eigenvalue weighted by molar-refractivity contribution is 7.90. The molecule has 6 rings (SSSR count). The van der Waals surface area contributed by atoms with Crippen molar-refractivity contribution in [3.05, 3.63) is 66.6 Å². The quantitative estimate of drug-likeness (QED) is 0.0208. The molecule has 1 saturated heterocycles. The van der Waals surface area contributed by atoms with Crippen LogP contribution in [0.3, 0.4) is 0 Å². The molecule has 4 aromatic rings. The topological polar surface area (TPSA) is 237 Å². The first kappa shape index (κ1) is 52.7. The Morgan fingerprint density at radius 3 is 2.36 bits per heavy atom. The van der Waals surface area contributed by atoms with Crippen molar-refractivity contribution in [2.24, 2.45) is 5.92 Å². The molecular weight excluding hydrogens is 927 g/mol. The van der Waals surface area contributed by atoms with Crippen molar-refractivity contribution >= 4 is 66.8 Å². The van der Waals surface area contributed by atoms with Gasteiger partial charge in [0.1, 0.15) is 33.7 Å². The molecule has 3 heterocycles. The highest BCUT2D eigenvalue weighted by Gasteiger charge is 2.61. The molecule has 2 aromatic heterocycles. The van der Waals surface area contributed by atoms with Gasteiger partial charge in [0.25, 0.3) is 15.9 Å². The van der Waals surface area contributed by atoms with Crippen LogP contribution < -0.4 is 30.1 Å². The smallest absolute Gasteiger partial charge is 0.305 e. The fourth-order valence-corrected chi connectivity index (χ4v) is 10.2. The lowest BCUT2D eigenvalue weighted by Gasteiger charge is -2.33. The van der Waals surface area contributed by atoms with Gasteiger partial charge in [-0.2, -0.15) is 0 Å². The Morgan fingerprint density at radius 2 is 1.70 bits per heavy atom. The van der Waals surface area contributed by atoms with Crippen LogP contribution in [-0.2, 0) is 38.7 Å². The molecule has 2 aromatic carbocycles. The number of unbranched alkanes of at least 4 members (excludes halogenated alkanes) is 5. The Bertz CT molecular complexity index is 2600. The number of rotatable bonds is 24. The van der Waals surface area contributed by atoms with Crippen LogP contribution in [0.4, 0.5) is 10.8 Å². The summed E-state index contributed by atoms with van der Waals surface area (Å²) in [6.45, 7) is 13.2. The number of benzene rings is 2. The van der Waals surface area contributed by atoms with Crippen LogP contribution in [0.2, 0.25) is 0 Å². The average Bonchev–Trinajstić information content (AvgIpc) is 3.55. The van der Waals surface area contributed by atoms with Gasteiger partial charge >= 0.3 is 5.97 Å². The number of pyridine rings is 1. The molecule has 2 aliphatic rings. The number of nitrogens with one attached hydrogen (secondary N) is 4. The van der Waals surface area contributed by atoms with E-state index < -0.39 is 57.5 Å². The van der Waals surface area contributed by atoms with Crippen molar-refractivity contribution in [3.63, 3.8) is 0 Å². The number of carbonyl (C=O) groups is 4. The van der Waals surface area contributed by atoms with Crippen molar-refractivity contribution in [2.75, 3.05) is 31.4 Å². The van der Waals surface area contributed by atoms with E-state index in [0.29, 0.717) is 46.6 Å². The van der Waals surface area contributed by atoms with Crippen molar-refractivity contribution in [1.29, 1.82) is 0 Å². The molecule has 0 spiro atoms. The zero-order valence-electron chi connectivity index (χ0n) is 40.3. The molecular formula is C49H65N7O11S2. The van der Waals surface area contributed by atoms with Crippen LogP contribution in [-0.4, -0.2) is 109 Å². The Hall–Kier alpha value is -5.67. The predicted octanol–water partition coefficient (Wildman–Crippen LogP) is 6.90. The van der Waals surface area contributed by atoms with E-state index in [1.54, 1.807) is 52.1 Å². The second-order valence-electron chi connectivity index (χ2n) is 18.7. The van der Waals surface area contributed by atoms with Crippen molar-refractivity contribution in [2.45, 2.75) is 139 Å². The number of sulfonamides is 1. The zero-order valence-corrected chi connectivity index (χ0v) is 42.0. The van der Waals surface area contributed by atoms with E-state index in [1.165, 1.54) is 47.6 Å². The van der Waals surface area contributed by atoms with Gasteiger partial charge in [-0.25, -0.2) is 28.0 Å². The van der Waals surface area contributed by atoms with E-state index in [2.05, 4.69) is 32.0 Å². The predicted molar refractivity (Wildman–Crippen MR) is 263 cm³/mol. The summed E-state index contributed by atoms with van der Waals surface area (Å²) in [5, 5.41) is 23.6. The highest BCUT2D eigenvalue weighted by Crippen LogP contribution is 2.46. The monoisotopic (exact) mass is 991 g/mol. The number of esters is 1. The highest BCUT2D eigenvalue weighted by atomic mass is 32.2. The fraction of sp³-hybridized carbons (Fsp3) is 0.510. The maximum atomic E-state index is 14.5. The van der Waals surface area contributed by atoms with Crippen LogP contribution in [0, 0.1) is 5.92 Å². The van der Waals surface area contributed by atoms with E-state index >= 15 is 0 Å². The van der Waals surface area contributed by atoms with Gasteiger partial charge in [-0.05, 0) is 78.1 Å². The number of aliphatic hydroxyl groups is 1.